The Hall–Kier alpha value is -3.10. The summed E-state index contributed by atoms with van der Waals surface area (Å²) in [6.07, 6.45) is 2.63. The minimum absolute atomic E-state index is 0.0657. The van der Waals surface area contributed by atoms with Crippen LogP contribution in [0.15, 0.2) is 54.6 Å². The molecule has 3 heterocycles. The van der Waals surface area contributed by atoms with E-state index < -0.39 is 0 Å². The summed E-state index contributed by atoms with van der Waals surface area (Å²) in [7, 11) is 0. The molecule has 0 saturated carbocycles. The monoisotopic (exact) mass is 489 g/mol. The standard InChI is InChI=1S/C27H31N5O2S/c28-22-8-6-21(7-9-22)27(34)32(26-23-18-35-17-12-24(23)29-30-26)16-15-31-13-10-20(11-14-31)25(33)19-4-2-1-3-5-19/h1-9,20H,10-18,28H2,(H,29,30). The maximum absolute atomic E-state index is 13.6. The number of aromatic amines is 1. The van der Waals surface area contributed by atoms with Crippen LogP contribution in [0.5, 0.6) is 0 Å². The summed E-state index contributed by atoms with van der Waals surface area (Å²) in [5.41, 5.74) is 10.1. The number of nitrogens with zero attached hydrogens (tertiary/aromatic N) is 3. The number of Topliss-reactive ketones (excluding diaryl/α,β-unsaturated/α-hetero) is 1. The number of H-pyrrole nitrogens is 1. The third kappa shape index (κ3) is 5.28. The predicted molar refractivity (Wildman–Crippen MR) is 141 cm³/mol. The fourth-order valence-corrected chi connectivity index (χ4v) is 5.90. The first-order valence-electron chi connectivity index (χ1n) is 12.2. The van der Waals surface area contributed by atoms with Gasteiger partial charge in [0.15, 0.2) is 11.6 Å². The number of fused-ring (bicyclic) bond motifs is 1. The van der Waals surface area contributed by atoms with Gasteiger partial charge in [-0.15, -0.1) is 0 Å². The number of anilines is 2. The highest BCUT2D eigenvalue weighted by Gasteiger charge is 2.29. The molecule has 35 heavy (non-hydrogen) atoms. The van der Waals surface area contributed by atoms with E-state index in [0.29, 0.717) is 17.8 Å². The Bertz CT molecular complexity index is 1170. The summed E-state index contributed by atoms with van der Waals surface area (Å²) in [6.45, 7) is 2.98. The van der Waals surface area contributed by atoms with Crippen LogP contribution < -0.4 is 10.6 Å². The molecule has 2 aliphatic rings. The molecule has 182 valence electrons. The van der Waals surface area contributed by atoms with Gasteiger partial charge in [0.05, 0.1) is 0 Å². The second kappa shape index (κ2) is 10.7. The molecule has 8 heteroatoms. The number of likely N-dealkylation sites (tertiary alicyclic amines) is 1. The molecule has 0 radical (unpaired) electrons. The Morgan fingerprint density at radius 2 is 1.80 bits per heavy atom. The predicted octanol–water partition coefficient (Wildman–Crippen LogP) is 4.02. The molecule has 5 rings (SSSR count). The zero-order valence-electron chi connectivity index (χ0n) is 19.8. The number of aryl methyl sites for hydroxylation is 1. The Labute approximate surface area is 210 Å². The van der Waals surface area contributed by atoms with Crippen molar-refractivity contribution in [3.63, 3.8) is 0 Å². The second-order valence-electron chi connectivity index (χ2n) is 9.23. The lowest BCUT2D eigenvalue weighted by Crippen LogP contribution is -2.43. The number of rotatable bonds is 7. The number of amides is 1. The number of hydrogen-bond donors (Lipinski definition) is 2. The molecule has 1 amide bonds. The van der Waals surface area contributed by atoms with Crippen LogP contribution in [0.25, 0.3) is 0 Å². The van der Waals surface area contributed by atoms with Crippen molar-refractivity contribution >= 4 is 35.0 Å². The van der Waals surface area contributed by atoms with E-state index in [-0.39, 0.29) is 17.6 Å². The molecular weight excluding hydrogens is 458 g/mol. The highest BCUT2D eigenvalue weighted by Crippen LogP contribution is 2.31. The van der Waals surface area contributed by atoms with Crippen molar-refractivity contribution in [3.05, 3.63) is 77.0 Å². The minimum Gasteiger partial charge on any atom is -0.399 e. The van der Waals surface area contributed by atoms with Crippen molar-refractivity contribution < 1.29 is 9.59 Å². The minimum atomic E-state index is -0.0657. The average Bonchev–Trinajstić information content (AvgIpc) is 3.33. The molecule has 0 aliphatic carbocycles. The number of aromatic nitrogens is 2. The number of carbonyl (C=O) groups is 2. The van der Waals surface area contributed by atoms with Crippen molar-refractivity contribution in [2.24, 2.45) is 5.92 Å². The smallest absolute Gasteiger partial charge is 0.259 e. The van der Waals surface area contributed by atoms with E-state index in [1.807, 2.05) is 47.0 Å². The molecule has 2 aromatic carbocycles. The van der Waals surface area contributed by atoms with Crippen LogP contribution in [0.4, 0.5) is 11.5 Å². The number of ketones is 1. The van der Waals surface area contributed by atoms with Gasteiger partial charge in [0.2, 0.25) is 0 Å². The van der Waals surface area contributed by atoms with Gasteiger partial charge in [0.1, 0.15) is 0 Å². The van der Waals surface area contributed by atoms with Crippen LogP contribution >= 0.6 is 11.8 Å². The zero-order chi connectivity index (χ0) is 24.2. The van der Waals surface area contributed by atoms with E-state index in [1.165, 1.54) is 0 Å². The maximum Gasteiger partial charge on any atom is 0.259 e. The first-order valence-corrected chi connectivity index (χ1v) is 13.4. The number of nitrogens with one attached hydrogen (secondary N) is 1. The van der Waals surface area contributed by atoms with E-state index in [1.54, 1.807) is 24.3 Å². The van der Waals surface area contributed by atoms with Crippen molar-refractivity contribution in [2.45, 2.75) is 25.0 Å². The van der Waals surface area contributed by atoms with Crippen molar-refractivity contribution in [2.75, 3.05) is 42.6 Å². The normalized spacial score (nSPS) is 16.6. The van der Waals surface area contributed by atoms with Crippen LogP contribution in [0.1, 0.15) is 44.8 Å². The summed E-state index contributed by atoms with van der Waals surface area (Å²) in [6, 6.07) is 16.6. The molecular formula is C27H31N5O2S. The number of nitrogen functional groups attached to an aromatic ring is 1. The van der Waals surface area contributed by atoms with Crippen LogP contribution in [0.2, 0.25) is 0 Å². The van der Waals surface area contributed by atoms with E-state index >= 15 is 0 Å². The molecule has 1 saturated heterocycles. The Balaban J connectivity index is 1.27. The third-order valence-corrected chi connectivity index (χ3v) is 7.97. The van der Waals surface area contributed by atoms with Crippen molar-refractivity contribution in [1.29, 1.82) is 0 Å². The van der Waals surface area contributed by atoms with Gasteiger partial charge in [-0.3, -0.25) is 19.6 Å². The van der Waals surface area contributed by atoms with Crippen LogP contribution in [0, 0.1) is 5.92 Å². The fraction of sp³-hybridized carbons (Fsp3) is 0.370. The summed E-state index contributed by atoms with van der Waals surface area (Å²) >= 11 is 1.87. The quantitative estimate of drug-likeness (QED) is 0.384. The Morgan fingerprint density at radius 3 is 2.54 bits per heavy atom. The SMILES string of the molecule is Nc1ccc(C(=O)N(CCN2CCC(C(=O)c3ccccc3)CC2)c2n[nH]c3c2CSCC3)cc1. The first-order chi connectivity index (χ1) is 17.1. The topological polar surface area (TPSA) is 95.3 Å². The summed E-state index contributed by atoms with van der Waals surface area (Å²) in [5.74, 6) is 2.91. The number of carbonyl (C=O) groups excluding carboxylic acids is 2. The molecule has 1 aromatic heterocycles. The van der Waals surface area contributed by atoms with Crippen molar-refractivity contribution in [3.8, 4) is 0 Å². The fourth-order valence-electron chi connectivity index (χ4n) is 4.90. The van der Waals surface area contributed by atoms with Gasteiger partial charge in [-0.25, -0.2) is 0 Å². The van der Waals surface area contributed by atoms with Gasteiger partial charge in [0.25, 0.3) is 5.91 Å². The second-order valence-corrected chi connectivity index (χ2v) is 10.3. The molecule has 2 aliphatic heterocycles. The largest absolute Gasteiger partial charge is 0.399 e. The number of nitrogens with two attached hydrogens (primary N) is 1. The van der Waals surface area contributed by atoms with Crippen LogP contribution in [-0.4, -0.2) is 58.7 Å². The van der Waals surface area contributed by atoms with Crippen molar-refractivity contribution in [1.82, 2.24) is 15.1 Å². The lowest BCUT2D eigenvalue weighted by atomic mass is 9.89. The average molecular weight is 490 g/mol. The lowest BCUT2D eigenvalue weighted by Gasteiger charge is -2.33. The summed E-state index contributed by atoms with van der Waals surface area (Å²) < 4.78 is 0. The van der Waals surface area contributed by atoms with Crippen LogP contribution in [-0.2, 0) is 12.2 Å². The van der Waals surface area contributed by atoms with Gasteiger partial charge in [-0.05, 0) is 62.4 Å². The van der Waals surface area contributed by atoms with E-state index in [0.717, 1.165) is 73.0 Å². The summed E-state index contributed by atoms with van der Waals surface area (Å²) in [5, 5.41) is 7.74. The Kier molecular flexibility index (Phi) is 7.20. The number of piperidine rings is 1. The number of hydrogen-bond acceptors (Lipinski definition) is 6. The molecule has 3 aromatic rings. The molecule has 0 spiro atoms. The molecule has 0 unspecified atom stereocenters. The number of benzene rings is 2. The van der Waals surface area contributed by atoms with Crippen LogP contribution in [0.3, 0.4) is 0 Å². The first kappa shape index (κ1) is 23.6. The van der Waals surface area contributed by atoms with Gasteiger partial charge >= 0.3 is 0 Å². The molecule has 0 atom stereocenters. The van der Waals surface area contributed by atoms with Gasteiger partial charge in [-0.2, -0.15) is 16.9 Å². The molecule has 1 fully saturated rings. The highest BCUT2D eigenvalue weighted by atomic mass is 32.2. The Morgan fingerprint density at radius 1 is 1.06 bits per heavy atom. The van der Waals surface area contributed by atoms with Gasteiger partial charge < -0.3 is 10.6 Å². The zero-order valence-corrected chi connectivity index (χ0v) is 20.6. The van der Waals surface area contributed by atoms with E-state index in [9.17, 15) is 9.59 Å². The highest BCUT2D eigenvalue weighted by molar-refractivity contribution is 7.98. The molecule has 3 N–H and O–H groups in total. The van der Waals surface area contributed by atoms with Gasteiger partial charge in [-0.1, -0.05) is 30.3 Å². The molecule has 7 nitrogen and oxygen atoms in total. The van der Waals surface area contributed by atoms with E-state index in [4.69, 9.17) is 5.73 Å². The lowest BCUT2D eigenvalue weighted by molar-refractivity contribution is 0.0841. The number of thioether (sulfide) groups is 1. The van der Waals surface area contributed by atoms with Gasteiger partial charge in [0, 0.05) is 52.8 Å². The molecule has 0 bridgehead atoms. The third-order valence-electron chi connectivity index (χ3n) is 6.99. The maximum atomic E-state index is 13.6. The van der Waals surface area contributed by atoms with E-state index in [2.05, 4.69) is 15.1 Å². The summed E-state index contributed by atoms with van der Waals surface area (Å²) in [4.78, 5) is 30.6.